The third-order valence-corrected chi connectivity index (χ3v) is 4.97. The van der Waals surface area contributed by atoms with Crippen LogP contribution in [0.2, 0.25) is 5.02 Å². The number of methoxy groups -OCH3 is 2. The minimum absolute atomic E-state index is 0.189. The predicted octanol–water partition coefficient (Wildman–Crippen LogP) is 5.48. The van der Waals surface area contributed by atoms with Gasteiger partial charge in [0.2, 0.25) is 5.78 Å². The zero-order chi connectivity index (χ0) is 21.8. The molecule has 0 saturated heterocycles. The number of aromatic nitrogens is 2. The first kappa shape index (κ1) is 20.5. The molecule has 0 aliphatic heterocycles. The lowest BCUT2D eigenvalue weighted by atomic mass is 10.1. The molecule has 2 heterocycles. The fraction of sp³-hybridized carbons (Fsp3) is 0.0833. The number of nitrogens with one attached hydrogen (secondary N) is 1. The van der Waals surface area contributed by atoms with Crippen LogP contribution in [0.5, 0.6) is 11.5 Å². The zero-order valence-electron chi connectivity index (χ0n) is 17.0. The highest BCUT2D eigenvalue weighted by atomic mass is 35.5. The number of halogens is 1. The van der Waals surface area contributed by atoms with Crippen LogP contribution >= 0.6 is 11.6 Å². The summed E-state index contributed by atoms with van der Waals surface area (Å²) in [6, 6.07) is 18.3. The Morgan fingerprint density at radius 2 is 1.74 bits per heavy atom. The van der Waals surface area contributed by atoms with E-state index in [9.17, 15) is 4.79 Å². The van der Waals surface area contributed by atoms with Gasteiger partial charge < -0.3 is 14.8 Å². The molecule has 0 amide bonds. The molecule has 0 aliphatic carbocycles. The molecule has 0 radical (unpaired) electrons. The Hall–Kier alpha value is -3.77. The molecule has 0 spiro atoms. The molecule has 4 rings (SSSR count). The molecule has 1 N–H and O–H groups in total. The molecule has 0 atom stereocenters. The van der Waals surface area contributed by atoms with Gasteiger partial charge in [-0.05, 0) is 24.3 Å². The van der Waals surface area contributed by atoms with Crippen LogP contribution in [0.25, 0.3) is 16.9 Å². The van der Waals surface area contributed by atoms with Crippen LogP contribution in [0.15, 0.2) is 79.1 Å². The number of hydrogen-bond acceptors (Lipinski definition) is 5. The third-order valence-electron chi connectivity index (χ3n) is 4.72. The molecule has 156 valence electrons. The lowest BCUT2D eigenvalue weighted by Gasteiger charge is -2.08. The molecule has 0 bridgehead atoms. The van der Waals surface area contributed by atoms with Crippen molar-refractivity contribution in [3.05, 3.63) is 89.9 Å². The number of anilines is 1. The number of carbonyl (C=O) groups is 1. The van der Waals surface area contributed by atoms with E-state index in [4.69, 9.17) is 21.1 Å². The highest BCUT2D eigenvalue weighted by Gasteiger charge is 2.18. The summed E-state index contributed by atoms with van der Waals surface area (Å²) in [5.74, 6) is 1.10. The maximum Gasteiger partial charge on any atom is 0.206 e. The summed E-state index contributed by atoms with van der Waals surface area (Å²) in [4.78, 5) is 17.8. The predicted molar refractivity (Wildman–Crippen MR) is 122 cm³/mol. The van der Waals surface area contributed by atoms with Crippen molar-refractivity contribution in [1.82, 2.24) is 9.38 Å². The van der Waals surface area contributed by atoms with Gasteiger partial charge in [-0.1, -0.05) is 29.8 Å². The maximum absolute atomic E-state index is 13.2. The van der Waals surface area contributed by atoms with Gasteiger partial charge in [-0.25, -0.2) is 4.98 Å². The average molecular weight is 434 g/mol. The molecule has 2 aromatic carbocycles. The summed E-state index contributed by atoms with van der Waals surface area (Å²) in [5.41, 5.74) is 3.31. The number of benzene rings is 2. The van der Waals surface area contributed by atoms with Crippen molar-refractivity contribution in [3.63, 3.8) is 0 Å². The molecule has 0 aliphatic rings. The number of rotatable bonds is 7. The largest absolute Gasteiger partial charge is 0.497 e. The minimum atomic E-state index is -0.189. The van der Waals surface area contributed by atoms with E-state index in [-0.39, 0.29) is 5.78 Å². The molecular formula is C24H20ClN3O3. The van der Waals surface area contributed by atoms with E-state index in [1.54, 1.807) is 43.0 Å². The molecular weight excluding hydrogens is 414 g/mol. The number of hydrogen-bond donors (Lipinski definition) is 1. The smallest absolute Gasteiger partial charge is 0.206 e. The number of allylic oxidation sites excluding steroid dienone is 1. The number of nitrogens with zero attached hydrogens (tertiary/aromatic N) is 2. The molecule has 0 unspecified atom stereocenters. The summed E-state index contributed by atoms with van der Waals surface area (Å²) in [5, 5.41) is 3.72. The van der Waals surface area contributed by atoms with E-state index in [2.05, 4.69) is 10.3 Å². The number of ketones is 1. The molecule has 31 heavy (non-hydrogen) atoms. The SMILES string of the molecule is COc1cc(N/C=C\C(=O)c2c(-c3ccc(Cl)cc3)nc3ccccn23)cc(OC)c1. The Kier molecular flexibility index (Phi) is 5.91. The van der Waals surface area contributed by atoms with Gasteiger partial charge in [-0.2, -0.15) is 0 Å². The highest BCUT2D eigenvalue weighted by Crippen LogP contribution is 2.27. The van der Waals surface area contributed by atoms with Gasteiger partial charge in [-0.15, -0.1) is 0 Å². The van der Waals surface area contributed by atoms with Crippen molar-refractivity contribution in [2.75, 3.05) is 19.5 Å². The van der Waals surface area contributed by atoms with Gasteiger partial charge >= 0.3 is 0 Å². The van der Waals surface area contributed by atoms with Gasteiger partial charge in [0.15, 0.2) is 0 Å². The molecule has 0 fully saturated rings. The van der Waals surface area contributed by atoms with E-state index < -0.39 is 0 Å². The summed E-state index contributed by atoms with van der Waals surface area (Å²) >= 11 is 6.02. The zero-order valence-corrected chi connectivity index (χ0v) is 17.8. The van der Waals surface area contributed by atoms with Gasteiger partial charge in [0.05, 0.1) is 14.2 Å². The van der Waals surface area contributed by atoms with Crippen molar-refractivity contribution in [3.8, 4) is 22.8 Å². The molecule has 7 heteroatoms. The van der Waals surface area contributed by atoms with Crippen molar-refractivity contribution >= 4 is 28.7 Å². The van der Waals surface area contributed by atoms with E-state index in [0.717, 1.165) is 11.3 Å². The monoisotopic (exact) mass is 433 g/mol. The second-order valence-electron chi connectivity index (χ2n) is 6.69. The number of pyridine rings is 1. The normalized spacial score (nSPS) is 11.1. The van der Waals surface area contributed by atoms with Crippen LogP contribution < -0.4 is 14.8 Å². The quantitative estimate of drug-likeness (QED) is 0.309. The van der Waals surface area contributed by atoms with E-state index in [1.807, 2.05) is 48.7 Å². The fourth-order valence-electron chi connectivity index (χ4n) is 3.22. The third kappa shape index (κ3) is 4.39. The highest BCUT2D eigenvalue weighted by molar-refractivity contribution is 6.30. The first-order chi connectivity index (χ1) is 15.1. The number of imidazole rings is 1. The minimum Gasteiger partial charge on any atom is -0.497 e. The lowest BCUT2D eigenvalue weighted by molar-refractivity contribution is 0.104. The Morgan fingerprint density at radius 3 is 2.42 bits per heavy atom. The molecule has 6 nitrogen and oxygen atoms in total. The van der Waals surface area contributed by atoms with Crippen LogP contribution in [-0.2, 0) is 0 Å². The van der Waals surface area contributed by atoms with Gasteiger partial charge in [-0.3, -0.25) is 9.20 Å². The second-order valence-corrected chi connectivity index (χ2v) is 7.12. The Labute approximate surface area is 184 Å². The molecule has 2 aromatic heterocycles. The van der Waals surface area contributed by atoms with Crippen molar-refractivity contribution in [2.24, 2.45) is 0 Å². The first-order valence-electron chi connectivity index (χ1n) is 9.52. The summed E-state index contributed by atoms with van der Waals surface area (Å²) < 4.78 is 12.3. The maximum atomic E-state index is 13.2. The van der Waals surface area contributed by atoms with Crippen molar-refractivity contribution in [1.29, 1.82) is 0 Å². The van der Waals surface area contributed by atoms with Crippen molar-refractivity contribution in [2.45, 2.75) is 0 Å². The standard InChI is InChI=1S/C24H20ClN3O3/c1-30-19-13-18(14-20(15-19)31-2)26-11-10-21(29)24-23(16-6-8-17(25)9-7-16)27-22-5-3-4-12-28(22)24/h3-15,26H,1-2H3/b11-10-. The average Bonchev–Trinajstić information content (AvgIpc) is 3.19. The van der Waals surface area contributed by atoms with Crippen LogP contribution in [-0.4, -0.2) is 29.4 Å². The topological polar surface area (TPSA) is 64.9 Å². The van der Waals surface area contributed by atoms with Crippen LogP contribution in [0.1, 0.15) is 10.5 Å². The Balaban J connectivity index is 1.66. The van der Waals surface area contributed by atoms with Crippen LogP contribution in [0.3, 0.4) is 0 Å². The summed E-state index contributed by atoms with van der Waals surface area (Å²) in [6.07, 6.45) is 4.88. The van der Waals surface area contributed by atoms with Crippen LogP contribution in [0, 0.1) is 0 Å². The lowest BCUT2D eigenvalue weighted by Crippen LogP contribution is -2.03. The Bertz CT molecular complexity index is 1240. The van der Waals surface area contributed by atoms with E-state index >= 15 is 0 Å². The van der Waals surface area contributed by atoms with Gasteiger partial charge in [0, 0.05) is 52.9 Å². The number of ether oxygens (including phenoxy) is 2. The van der Waals surface area contributed by atoms with E-state index in [1.165, 1.54) is 6.08 Å². The molecule has 4 aromatic rings. The van der Waals surface area contributed by atoms with Gasteiger partial charge in [0.25, 0.3) is 0 Å². The Morgan fingerprint density at radius 1 is 1.03 bits per heavy atom. The van der Waals surface area contributed by atoms with Gasteiger partial charge in [0.1, 0.15) is 28.5 Å². The number of carbonyl (C=O) groups excluding carboxylic acids is 1. The molecule has 0 saturated carbocycles. The van der Waals surface area contributed by atoms with Crippen molar-refractivity contribution < 1.29 is 14.3 Å². The second kappa shape index (κ2) is 8.93. The van der Waals surface area contributed by atoms with E-state index in [0.29, 0.717) is 33.6 Å². The summed E-state index contributed by atoms with van der Waals surface area (Å²) in [7, 11) is 3.17. The summed E-state index contributed by atoms with van der Waals surface area (Å²) in [6.45, 7) is 0. The van der Waals surface area contributed by atoms with Crippen LogP contribution in [0.4, 0.5) is 5.69 Å². The fourth-order valence-corrected chi connectivity index (χ4v) is 3.35. The first-order valence-corrected chi connectivity index (χ1v) is 9.90. The number of fused-ring (bicyclic) bond motifs is 1.